The van der Waals surface area contributed by atoms with Crippen LogP contribution in [0.25, 0.3) is 0 Å². The lowest BCUT2D eigenvalue weighted by Crippen LogP contribution is -2.33. The molecule has 2 atom stereocenters. The molecule has 1 aliphatic carbocycles. The summed E-state index contributed by atoms with van der Waals surface area (Å²) in [5, 5.41) is 3.69. The van der Waals surface area contributed by atoms with Gasteiger partial charge in [-0.15, -0.1) is 0 Å². The molecule has 0 aromatic heterocycles. The van der Waals surface area contributed by atoms with Crippen molar-refractivity contribution in [3.63, 3.8) is 0 Å². The van der Waals surface area contributed by atoms with Gasteiger partial charge in [-0.1, -0.05) is 33.6 Å². The van der Waals surface area contributed by atoms with Crippen molar-refractivity contribution in [1.82, 2.24) is 5.32 Å². The van der Waals surface area contributed by atoms with Gasteiger partial charge in [0.2, 0.25) is 0 Å². The minimum atomic E-state index is 0.660. The predicted molar refractivity (Wildman–Crippen MR) is 69.7 cm³/mol. The van der Waals surface area contributed by atoms with Crippen LogP contribution in [0.2, 0.25) is 0 Å². The molecule has 0 aliphatic heterocycles. The molecule has 0 saturated heterocycles. The minimum Gasteiger partial charge on any atom is -0.381 e. The van der Waals surface area contributed by atoms with Gasteiger partial charge in [-0.3, -0.25) is 0 Å². The van der Waals surface area contributed by atoms with Gasteiger partial charge in [0.1, 0.15) is 0 Å². The first-order valence-corrected chi connectivity index (χ1v) is 7.05. The molecule has 0 amide bonds. The average molecular weight is 227 g/mol. The van der Waals surface area contributed by atoms with Gasteiger partial charge in [0.05, 0.1) is 0 Å². The zero-order chi connectivity index (χ0) is 11.8. The van der Waals surface area contributed by atoms with Crippen molar-refractivity contribution in [3.05, 3.63) is 0 Å². The Bertz CT molecular complexity index is 170. The molecule has 2 unspecified atom stereocenters. The quantitative estimate of drug-likeness (QED) is 0.643. The van der Waals surface area contributed by atoms with Gasteiger partial charge in [0.15, 0.2) is 0 Å². The SMILES string of the molecule is CCC1CCCC1NCCCOCC(C)C. The van der Waals surface area contributed by atoms with Gasteiger partial charge >= 0.3 is 0 Å². The second-order valence-electron chi connectivity index (χ2n) is 5.48. The molecule has 2 heteroatoms. The Kier molecular flexibility index (Phi) is 7.06. The van der Waals surface area contributed by atoms with Crippen LogP contribution in [0.15, 0.2) is 0 Å². The highest BCUT2D eigenvalue weighted by Crippen LogP contribution is 2.27. The summed E-state index contributed by atoms with van der Waals surface area (Å²) < 4.78 is 5.57. The molecule has 0 aromatic rings. The number of hydrogen-bond donors (Lipinski definition) is 1. The summed E-state index contributed by atoms with van der Waals surface area (Å²) in [5.74, 6) is 1.59. The molecule has 0 aromatic carbocycles. The van der Waals surface area contributed by atoms with Crippen LogP contribution in [0.1, 0.15) is 52.9 Å². The molecule has 0 spiro atoms. The Morgan fingerprint density at radius 2 is 2.12 bits per heavy atom. The molecule has 96 valence electrons. The van der Waals surface area contributed by atoms with Gasteiger partial charge in [-0.2, -0.15) is 0 Å². The fraction of sp³-hybridized carbons (Fsp3) is 1.00. The highest BCUT2D eigenvalue weighted by atomic mass is 16.5. The fourth-order valence-corrected chi connectivity index (χ4v) is 2.57. The number of ether oxygens (including phenoxy) is 1. The van der Waals surface area contributed by atoms with E-state index in [1.54, 1.807) is 0 Å². The van der Waals surface area contributed by atoms with Crippen LogP contribution in [0.4, 0.5) is 0 Å². The van der Waals surface area contributed by atoms with Crippen LogP contribution in [-0.2, 0) is 4.74 Å². The van der Waals surface area contributed by atoms with Crippen molar-refractivity contribution in [2.45, 2.75) is 58.9 Å². The monoisotopic (exact) mass is 227 g/mol. The van der Waals surface area contributed by atoms with E-state index in [9.17, 15) is 0 Å². The summed E-state index contributed by atoms with van der Waals surface area (Å²) in [6, 6.07) is 0.787. The van der Waals surface area contributed by atoms with E-state index >= 15 is 0 Å². The maximum Gasteiger partial charge on any atom is 0.0489 e. The van der Waals surface area contributed by atoms with Gasteiger partial charge in [0, 0.05) is 19.3 Å². The number of rotatable bonds is 8. The van der Waals surface area contributed by atoms with Crippen LogP contribution >= 0.6 is 0 Å². The second kappa shape index (κ2) is 8.08. The Balaban J connectivity index is 1.94. The maximum atomic E-state index is 5.57. The van der Waals surface area contributed by atoms with Crippen LogP contribution in [-0.4, -0.2) is 25.8 Å². The van der Waals surface area contributed by atoms with E-state index in [-0.39, 0.29) is 0 Å². The predicted octanol–water partition coefficient (Wildman–Crippen LogP) is 3.22. The molecule has 1 rings (SSSR count). The van der Waals surface area contributed by atoms with Crippen molar-refractivity contribution in [1.29, 1.82) is 0 Å². The standard InChI is InChI=1S/C14H29NO/c1-4-13-7-5-8-14(13)15-9-6-10-16-11-12(2)3/h12-15H,4-11H2,1-3H3. The van der Waals surface area contributed by atoms with Crippen LogP contribution in [0.3, 0.4) is 0 Å². The molecule has 0 heterocycles. The highest BCUT2D eigenvalue weighted by molar-refractivity contribution is 4.81. The Morgan fingerprint density at radius 3 is 2.81 bits per heavy atom. The molecule has 2 nitrogen and oxygen atoms in total. The first kappa shape index (κ1) is 14.0. The molecule has 1 N–H and O–H groups in total. The summed E-state index contributed by atoms with van der Waals surface area (Å²) in [7, 11) is 0. The van der Waals surface area contributed by atoms with Crippen LogP contribution in [0.5, 0.6) is 0 Å². The normalized spacial score (nSPS) is 25.5. The third-order valence-electron chi connectivity index (χ3n) is 3.51. The summed E-state index contributed by atoms with van der Waals surface area (Å²) in [6.07, 6.45) is 6.71. The van der Waals surface area contributed by atoms with Crippen LogP contribution < -0.4 is 5.32 Å². The largest absolute Gasteiger partial charge is 0.381 e. The number of nitrogens with one attached hydrogen (secondary N) is 1. The fourth-order valence-electron chi connectivity index (χ4n) is 2.57. The van der Waals surface area contributed by atoms with E-state index in [2.05, 4.69) is 26.1 Å². The summed E-state index contributed by atoms with van der Waals surface area (Å²) >= 11 is 0. The van der Waals surface area contributed by atoms with Crippen molar-refractivity contribution >= 4 is 0 Å². The minimum absolute atomic E-state index is 0.660. The third-order valence-corrected chi connectivity index (χ3v) is 3.51. The van der Waals surface area contributed by atoms with Gasteiger partial charge in [-0.25, -0.2) is 0 Å². The zero-order valence-electron chi connectivity index (χ0n) is 11.3. The Hall–Kier alpha value is -0.0800. The van der Waals surface area contributed by atoms with Crippen LogP contribution in [0, 0.1) is 11.8 Å². The lowest BCUT2D eigenvalue weighted by Gasteiger charge is -2.19. The van der Waals surface area contributed by atoms with Crippen molar-refractivity contribution < 1.29 is 4.74 Å². The molecule has 0 bridgehead atoms. The van der Waals surface area contributed by atoms with Crippen molar-refractivity contribution in [3.8, 4) is 0 Å². The molecule has 16 heavy (non-hydrogen) atoms. The Labute approximate surface area is 101 Å². The molecule has 1 aliphatic rings. The lowest BCUT2D eigenvalue weighted by molar-refractivity contribution is 0.107. The van der Waals surface area contributed by atoms with E-state index in [0.29, 0.717) is 5.92 Å². The highest BCUT2D eigenvalue weighted by Gasteiger charge is 2.24. The summed E-state index contributed by atoms with van der Waals surface area (Å²) in [6.45, 7) is 9.65. The summed E-state index contributed by atoms with van der Waals surface area (Å²) in [5.41, 5.74) is 0. The summed E-state index contributed by atoms with van der Waals surface area (Å²) in [4.78, 5) is 0. The van der Waals surface area contributed by atoms with Gasteiger partial charge < -0.3 is 10.1 Å². The van der Waals surface area contributed by atoms with E-state index in [1.807, 2.05) is 0 Å². The van der Waals surface area contributed by atoms with E-state index in [4.69, 9.17) is 4.74 Å². The third kappa shape index (κ3) is 5.31. The molecule has 1 saturated carbocycles. The lowest BCUT2D eigenvalue weighted by atomic mass is 10.0. The molecular weight excluding hydrogens is 198 g/mol. The number of hydrogen-bond acceptors (Lipinski definition) is 2. The zero-order valence-corrected chi connectivity index (χ0v) is 11.3. The van der Waals surface area contributed by atoms with Crippen molar-refractivity contribution in [2.24, 2.45) is 11.8 Å². The molecule has 0 radical (unpaired) electrons. The van der Waals surface area contributed by atoms with Gasteiger partial charge in [-0.05, 0) is 37.6 Å². The van der Waals surface area contributed by atoms with Gasteiger partial charge in [0.25, 0.3) is 0 Å². The van der Waals surface area contributed by atoms with Crippen molar-refractivity contribution in [2.75, 3.05) is 19.8 Å². The topological polar surface area (TPSA) is 21.3 Å². The smallest absolute Gasteiger partial charge is 0.0489 e. The molecular formula is C14H29NO. The first-order chi connectivity index (χ1) is 7.74. The molecule has 1 fully saturated rings. The van der Waals surface area contributed by atoms with E-state index in [0.717, 1.165) is 38.1 Å². The second-order valence-corrected chi connectivity index (χ2v) is 5.48. The van der Waals surface area contributed by atoms with E-state index in [1.165, 1.54) is 25.7 Å². The first-order valence-electron chi connectivity index (χ1n) is 7.05. The Morgan fingerprint density at radius 1 is 1.31 bits per heavy atom. The van der Waals surface area contributed by atoms with E-state index < -0.39 is 0 Å². The maximum absolute atomic E-state index is 5.57. The average Bonchev–Trinajstić information content (AvgIpc) is 2.70.